The molecule has 0 spiro atoms. The number of carboxylic acid groups (broad SMARTS) is 1. The van der Waals surface area contributed by atoms with Crippen LogP contribution in [0.5, 0.6) is 0 Å². The number of likely N-dealkylation sites (N-methyl/N-ethyl adjacent to an activating group) is 1. The van der Waals surface area contributed by atoms with Crippen molar-refractivity contribution in [2.75, 3.05) is 13.6 Å². The first-order valence-corrected chi connectivity index (χ1v) is 5.92. The molecule has 0 aromatic carbocycles. The lowest BCUT2D eigenvalue weighted by Gasteiger charge is -2.25. The van der Waals surface area contributed by atoms with E-state index in [9.17, 15) is 4.79 Å². The number of rotatable bonds is 7. The van der Waals surface area contributed by atoms with Crippen LogP contribution in [0.3, 0.4) is 0 Å². The zero-order chi connectivity index (χ0) is 12.8. The van der Waals surface area contributed by atoms with Gasteiger partial charge in [0.15, 0.2) is 5.69 Å². The molecule has 0 aliphatic rings. The minimum atomic E-state index is -1.04. The first-order chi connectivity index (χ1) is 8.08. The van der Waals surface area contributed by atoms with Gasteiger partial charge in [-0.25, -0.2) is 4.79 Å². The highest BCUT2D eigenvalue weighted by Crippen LogP contribution is 2.05. The molecule has 0 fully saturated rings. The average Bonchev–Trinajstić information content (AvgIpc) is 2.76. The van der Waals surface area contributed by atoms with Crippen LogP contribution in [0.1, 0.15) is 37.2 Å². The van der Waals surface area contributed by atoms with E-state index >= 15 is 0 Å². The molecule has 1 heterocycles. The van der Waals surface area contributed by atoms with E-state index in [1.165, 1.54) is 6.20 Å². The molecule has 1 aromatic rings. The number of carboxylic acids is 1. The lowest BCUT2D eigenvalue weighted by molar-refractivity contribution is 0.0690. The molecule has 96 valence electrons. The molecule has 0 saturated carbocycles. The molecule has 17 heavy (non-hydrogen) atoms. The average molecular weight is 240 g/mol. The van der Waals surface area contributed by atoms with E-state index in [1.54, 1.807) is 4.68 Å². The highest BCUT2D eigenvalue weighted by molar-refractivity contribution is 5.84. The Labute approximate surface area is 101 Å². The topological polar surface area (TPSA) is 71.2 Å². The van der Waals surface area contributed by atoms with Crippen LogP contribution in [0, 0.1) is 0 Å². The lowest BCUT2D eigenvalue weighted by atomic mass is 10.1. The summed E-state index contributed by atoms with van der Waals surface area (Å²) in [6.07, 6.45) is 3.69. The number of carbonyl (C=O) groups is 1. The van der Waals surface area contributed by atoms with Crippen LogP contribution in [-0.4, -0.2) is 50.6 Å². The number of aromatic nitrogens is 3. The summed E-state index contributed by atoms with van der Waals surface area (Å²) < 4.78 is 1.57. The predicted octanol–water partition coefficient (Wildman–Crippen LogP) is 1.10. The van der Waals surface area contributed by atoms with E-state index in [4.69, 9.17) is 5.11 Å². The maximum absolute atomic E-state index is 10.6. The van der Waals surface area contributed by atoms with Gasteiger partial charge in [-0.3, -0.25) is 4.68 Å². The molecule has 6 heteroatoms. The van der Waals surface area contributed by atoms with Crippen molar-refractivity contribution in [1.82, 2.24) is 19.9 Å². The van der Waals surface area contributed by atoms with Crippen molar-refractivity contribution in [3.05, 3.63) is 11.9 Å². The van der Waals surface area contributed by atoms with E-state index in [0.717, 1.165) is 19.4 Å². The van der Waals surface area contributed by atoms with Crippen LogP contribution >= 0.6 is 0 Å². The fourth-order valence-corrected chi connectivity index (χ4v) is 1.86. The second-order valence-corrected chi connectivity index (χ2v) is 4.12. The molecule has 0 unspecified atom stereocenters. The van der Waals surface area contributed by atoms with Gasteiger partial charge in [-0.15, -0.1) is 5.10 Å². The first kappa shape index (κ1) is 13.6. The summed E-state index contributed by atoms with van der Waals surface area (Å²) in [5.74, 6) is -1.04. The van der Waals surface area contributed by atoms with Crippen LogP contribution in [0.25, 0.3) is 0 Å². The van der Waals surface area contributed by atoms with E-state index < -0.39 is 5.97 Å². The predicted molar refractivity (Wildman–Crippen MR) is 64.0 cm³/mol. The van der Waals surface area contributed by atoms with Gasteiger partial charge in [0.2, 0.25) is 0 Å². The quantitative estimate of drug-likeness (QED) is 0.772. The third-order valence-corrected chi connectivity index (χ3v) is 3.01. The smallest absolute Gasteiger partial charge is 0.358 e. The minimum Gasteiger partial charge on any atom is -0.476 e. The summed E-state index contributed by atoms with van der Waals surface area (Å²) in [6.45, 7) is 5.84. The Hall–Kier alpha value is -1.43. The molecule has 0 amide bonds. The number of aromatic carboxylic acids is 1. The van der Waals surface area contributed by atoms with Crippen molar-refractivity contribution in [2.24, 2.45) is 0 Å². The summed E-state index contributed by atoms with van der Waals surface area (Å²) >= 11 is 0. The number of nitrogens with zero attached hydrogens (tertiary/aromatic N) is 4. The van der Waals surface area contributed by atoms with Crippen molar-refractivity contribution < 1.29 is 9.90 Å². The summed E-state index contributed by atoms with van der Waals surface area (Å²) in [6, 6.07) is 0.567. The Bertz CT molecular complexity index is 360. The Kier molecular flexibility index (Phi) is 5.09. The van der Waals surface area contributed by atoms with Crippen LogP contribution in [0.15, 0.2) is 6.20 Å². The third-order valence-electron chi connectivity index (χ3n) is 3.01. The van der Waals surface area contributed by atoms with E-state index in [-0.39, 0.29) is 5.69 Å². The second kappa shape index (κ2) is 6.34. The van der Waals surface area contributed by atoms with Gasteiger partial charge < -0.3 is 10.0 Å². The molecule has 0 bridgehead atoms. The highest BCUT2D eigenvalue weighted by Gasteiger charge is 2.11. The van der Waals surface area contributed by atoms with Gasteiger partial charge in [0.25, 0.3) is 0 Å². The molecule has 0 atom stereocenters. The molecule has 6 nitrogen and oxygen atoms in total. The van der Waals surface area contributed by atoms with E-state index in [1.807, 2.05) is 0 Å². The summed E-state index contributed by atoms with van der Waals surface area (Å²) in [5.41, 5.74) is -0.00446. The molecule has 1 N–H and O–H groups in total. The minimum absolute atomic E-state index is 0.00446. The largest absolute Gasteiger partial charge is 0.476 e. The standard InChI is InChI=1S/C11H20N4O2/c1-4-9(5-2)14(3)6-7-15-8-10(11(16)17)12-13-15/h8-9H,4-7H2,1-3H3,(H,16,17). The summed E-state index contributed by atoms with van der Waals surface area (Å²) in [7, 11) is 2.08. The van der Waals surface area contributed by atoms with E-state index in [2.05, 4.69) is 36.1 Å². The van der Waals surface area contributed by atoms with Gasteiger partial charge in [0.1, 0.15) is 0 Å². The zero-order valence-corrected chi connectivity index (χ0v) is 10.6. The molecule has 1 rings (SSSR count). The maximum atomic E-state index is 10.6. The molecule has 1 aromatic heterocycles. The lowest BCUT2D eigenvalue weighted by Crippen LogP contribution is -2.33. The van der Waals surface area contributed by atoms with Crippen molar-refractivity contribution in [3.8, 4) is 0 Å². The van der Waals surface area contributed by atoms with Crippen molar-refractivity contribution in [1.29, 1.82) is 0 Å². The Morgan fingerprint density at radius 3 is 2.65 bits per heavy atom. The third kappa shape index (κ3) is 3.81. The SMILES string of the molecule is CCC(CC)N(C)CCn1cc(C(=O)O)nn1. The van der Waals surface area contributed by atoms with Crippen LogP contribution in [0.4, 0.5) is 0 Å². The van der Waals surface area contributed by atoms with Crippen LogP contribution in [-0.2, 0) is 6.54 Å². The normalized spacial score (nSPS) is 11.4. The highest BCUT2D eigenvalue weighted by atomic mass is 16.4. The van der Waals surface area contributed by atoms with Gasteiger partial charge in [0, 0.05) is 12.6 Å². The fraction of sp³-hybridized carbons (Fsp3) is 0.727. The van der Waals surface area contributed by atoms with Crippen LogP contribution < -0.4 is 0 Å². The Morgan fingerprint density at radius 1 is 1.53 bits per heavy atom. The molecular formula is C11H20N4O2. The number of hydrogen-bond acceptors (Lipinski definition) is 4. The molecule has 0 saturated heterocycles. The monoisotopic (exact) mass is 240 g/mol. The van der Waals surface area contributed by atoms with Crippen LogP contribution in [0.2, 0.25) is 0 Å². The Balaban J connectivity index is 2.46. The van der Waals surface area contributed by atoms with E-state index in [0.29, 0.717) is 12.6 Å². The number of hydrogen-bond donors (Lipinski definition) is 1. The molecule has 0 aliphatic heterocycles. The summed E-state index contributed by atoms with van der Waals surface area (Å²) in [4.78, 5) is 12.9. The van der Waals surface area contributed by atoms with Crippen molar-refractivity contribution >= 4 is 5.97 Å². The molecule has 0 radical (unpaired) electrons. The maximum Gasteiger partial charge on any atom is 0.358 e. The van der Waals surface area contributed by atoms with Gasteiger partial charge in [-0.05, 0) is 19.9 Å². The van der Waals surface area contributed by atoms with Gasteiger partial charge in [-0.1, -0.05) is 19.1 Å². The van der Waals surface area contributed by atoms with Gasteiger partial charge in [0.05, 0.1) is 12.7 Å². The zero-order valence-electron chi connectivity index (χ0n) is 10.6. The Morgan fingerprint density at radius 2 is 2.18 bits per heavy atom. The molecular weight excluding hydrogens is 220 g/mol. The van der Waals surface area contributed by atoms with Gasteiger partial charge in [-0.2, -0.15) is 0 Å². The van der Waals surface area contributed by atoms with Crippen molar-refractivity contribution in [2.45, 2.75) is 39.3 Å². The van der Waals surface area contributed by atoms with Gasteiger partial charge >= 0.3 is 5.97 Å². The molecule has 0 aliphatic carbocycles. The fourth-order valence-electron chi connectivity index (χ4n) is 1.86. The first-order valence-electron chi connectivity index (χ1n) is 5.92. The second-order valence-electron chi connectivity index (χ2n) is 4.12. The summed E-state index contributed by atoms with van der Waals surface area (Å²) in [5, 5.41) is 16.1. The van der Waals surface area contributed by atoms with Crippen molar-refractivity contribution in [3.63, 3.8) is 0 Å².